The summed E-state index contributed by atoms with van der Waals surface area (Å²) in [5, 5.41) is 0. The van der Waals surface area contributed by atoms with Gasteiger partial charge < -0.3 is 14.9 Å². The molecule has 86 valence electrons. The molecule has 0 saturated heterocycles. The number of aryl methyl sites for hydroxylation is 1. The molecule has 0 amide bonds. The Labute approximate surface area is 91.6 Å². The Hall–Kier alpha value is -0.800. The highest BCUT2D eigenvalue weighted by molar-refractivity contribution is 5.09. The zero-order chi connectivity index (χ0) is 11.5. The van der Waals surface area contributed by atoms with Crippen LogP contribution in [0, 0.1) is 6.92 Å². The molecule has 3 heteroatoms. The zero-order valence-electron chi connectivity index (χ0n) is 10.0. The van der Waals surface area contributed by atoms with Gasteiger partial charge in [-0.3, -0.25) is 0 Å². The standard InChI is InChI=1S/C12H21NO2/c1-9-5-6-11(15-9)10(13)7-8-12(2,3)14-4/h5-6,10H,7-8,13H2,1-4H3. The maximum atomic E-state index is 6.02. The molecule has 3 nitrogen and oxygen atoms in total. The van der Waals surface area contributed by atoms with Gasteiger partial charge in [-0.15, -0.1) is 0 Å². The van der Waals surface area contributed by atoms with Gasteiger partial charge in [0, 0.05) is 7.11 Å². The number of ether oxygens (including phenoxy) is 1. The molecule has 0 radical (unpaired) electrons. The van der Waals surface area contributed by atoms with Gasteiger partial charge >= 0.3 is 0 Å². The summed E-state index contributed by atoms with van der Waals surface area (Å²) < 4.78 is 10.8. The molecule has 0 fully saturated rings. The highest BCUT2D eigenvalue weighted by atomic mass is 16.5. The maximum absolute atomic E-state index is 6.02. The highest BCUT2D eigenvalue weighted by Crippen LogP contribution is 2.23. The highest BCUT2D eigenvalue weighted by Gasteiger charge is 2.19. The van der Waals surface area contributed by atoms with Crippen molar-refractivity contribution in [2.75, 3.05) is 7.11 Å². The smallest absolute Gasteiger partial charge is 0.120 e. The van der Waals surface area contributed by atoms with E-state index in [1.807, 2.05) is 19.1 Å². The molecule has 0 aromatic carbocycles. The summed E-state index contributed by atoms with van der Waals surface area (Å²) in [7, 11) is 1.72. The molecule has 0 bridgehead atoms. The first-order valence-corrected chi connectivity index (χ1v) is 5.32. The second-order valence-electron chi connectivity index (χ2n) is 4.56. The van der Waals surface area contributed by atoms with Gasteiger partial charge in [-0.1, -0.05) is 0 Å². The maximum Gasteiger partial charge on any atom is 0.120 e. The van der Waals surface area contributed by atoms with E-state index in [4.69, 9.17) is 14.9 Å². The molecule has 1 aromatic heterocycles. The topological polar surface area (TPSA) is 48.4 Å². The van der Waals surface area contributed by atoms with E-state index in [1.54, 1.807) is 7.11 Å². The van der Waals surface area contributed by atoms with Gasteiger partial charge in [-0.25, -0.2) is 0 Å². The Morgan fingerprint density at radius 2 is 2.13 bits per heavy atom. The first kappa shape index (κ1) is 12.3. The molecule has 1 aromatic rings. The van der Waals surface area contributed by atoms with Crippen molar-refractivity contribution in [3.8, 4) is 0 Å². The molecular weight excluding hydrogens is 190 g/mol. The third-order valence-corrected chi connectivity index (χ3v) is 2.74. The monoisotopic (exact) mass is 211 g/mol. The summed E-state index contributed by atoms with van der Waals surface area (Å²) in [6, 6.07) is 3.85. The number of methoxy groups -OCH3 is 1. The van der Waals surface area contributed by atoms with Gasteiger partial charge in [0.05, 0.1) is 11.6 Å². The Bertz CT molecular complexity index is 304. The van der Waals surface area contributed by atoms with Crippen LogP contribution in [0.4, 0.5) is 0 Å². The number of hydrogen-bond acceptors (Lipinski definition) is 3. The van der Waals surface area contributed by atoms with Crippen molar-refractivity contribution in [1.29, 1.82) is 0 Å². The van der Waals surface area contributed by atoms with Crippen LogP contribution in [-0.2, 0) is 4.74 Å². The van der Waals surface area contributed by atoms with Crippen molar-refractivity contribution < 1.29 is 9.15 Å². The lowest BCUT2D eigenvalue weighted by molar-refractivity contribution is 0.0121. The average Bonchev–Trinajstić information content (AvgIpc) is 2.61. The second-order valence-corrected chi connectivity index (χ2v) is 4.56. The molecule has 1 unspecified atom stereocenters. The molecule has 1 rings (SSSR count). The van der Waals surface area contributed by atoms with Crippen molar-refractivity contribution in [1.82, 2.24) is 0 Å². The summed E-state index contributed by atoms with van der Waals surface area (Å²) in [6.07, 6.45) is 1.79. The molecule has 0 aliphatic heterocycles. The fourth-order valence-electron chi connectivity index (χ4n) is 1.40. The molecule has 0 spiro atoms. The molecule has 0 saturated carbocycles. The van der Waals surface area contributed by atoms with Crippen LogP contribution in [0.5, 0.6) is 0 Å². The van der Waals surface area contributed by atoms with Gasteiger partial charge in [-0.2, -0.15) is 0 Å². The van der Waals surface area contributed by atoms with Crippen molar-refractivity contribution in [3.63, 3.8) is 0 Å². The molecule has 0 aliphatic rings. The normalized spacial score (nSPS) is 14.2. The third-order valence-electron chi connectivity index (χ3n) is 2.74. The fourth-order valence-corrected chi connectivity index (χ4v) is 1.40. The van der Waals surface area contributed by atoms with Crippen molar-refractivity contribution in [2.24, 2.45) is 5.73 Å². The Kier molecular flexibility index (Phi) is 3.94. The van der Waals surface area contributed by atoms with Gasteiger partial charge in [-0.05, 0) is 45.7 Å². The fraction of sp³-hybridized carbons (Fsp3) is 0.667. The summed E-state index contributed by atoms with van der Waals surface area (Å²) in [4.78, 5) is 0. The lowest BCUT2D eigenvalue weighted by atomic mass is 9.98. The largest absolute Gasteiger partial charge is 0.465 e. The van der Waals surface area contributed by atoms with E-state index in [2.05, 4.69) is 13.8 Å². The SMILES string of the molecule is COC(C)(C)CCC(N)c1ccc(C)o1. The van der Waals surface area contributed by atoms with Gasteiger partial charge in [0.2, 0.25) is 0 Å². The van der Waals surface area contributed by atoms with E-state index >= 15 is 0 Å². The predicted octanol–water partition coefficient (Wildman–Crippen LogP) is 2.79. The first-order chi connectivity index (χ1) is 6.94. The van der Waals surface area contributed by atoms with Crippen LogP contribution in [0.3, 0.4) is 0 Å². The van der Waals surface area contributed by atoms with Crippen LogP contribution in [0.2, 0.25) is 0 Å². The molecule has 0 aliphatic carbocycles. The van der Waals surface area contributed by atoms with E-state index in [-0.39, 0.29) is 11.6 Å². The number of furan rings is 1. The lowest BCUT2D eigenvalue weighted by Gasteiger charge is -2.23. The molecular formula is C12H21NO2. The number of hydrogen-bond donors (Lipinski definition) is 1. The van der Waals surface area contributed by atoms with Crippen molar-refractivity contribution in [3.05, 3.63) is 23.7 Å². The van der Waals surface area contributed by atoms with Crippen LogP contribution in [0.25, 0.3) is 0 Å². The van der Waals surface area contributed by atoms with E-state index in [1.165, 1.54) is 0 Å². The summed E-state index contributed by atoms with van der Waals surface area (Å²) >= 11 is 0. The first-order valence-electron chi connectivity index (χ1n) is 5.32. The lowest BCUT2D eigenvalue weighted by Crippen LogP contribution is -2.24. The van der Waals surface area contributed by atoms with E-state index in [9.17, 15) is 0 Å². The molecule has 1 atom stereocenters. The zero-order valence-corrected chi connectivity index (χ0v) is 10.0. The van der Waals surface area contributed by atoms with Crippen LogP contribution in [0.1, 0.15) is 44.3 Å². The number of rotatable bonds is 5. The minimum absolute atomic E-state index is 0.0341. The average molecular weight is 211 g/mol. The Morgan fingerprint density at radius 3 is 2.60 bits per heavy atom. The summed E-state index contributed by atoms with van der Waals surface area (Å²) in [6.45, 7) is 6.05. The minimum atomic E-state index is -0.112. The summed E-state index contributed by atoms with van der Waals surface area (Å²) in [5.74, 6) is 1.77. The van der Waals surface area contributed by atoms with Crippen LogP contribution >= 0.6 is 0 Å². The van der Waals surface area contributed by atoms with E-state index in [0.29, 0.717) is 0 Å². The van der Waals surface area contributed by atoms with Gasteiger partial charge in [0.15, 0.2) is 0 Å². The molecule has 1 heterocycles. The predicted molar refractivity (Wildman–Crippen MR) is 60.7 cm³/mol. The second kappa shape index (κ2) is 4.81. The van der Waals surface area contributed by atoms with Crippen molar-refractivity contribution in [2.45, 2.75) is 45.3 Å². The number of nitrogens with two attached hydrogens (primary N) is 1. The summed E-state index contributed by atoms with van der Waals surface area (Å²) in [5.41, 5.74) is 5.91. The van der Waals surface area contributed by atoms with Gasteiger partial charge in [0.25, 0.3) is 0 Å². The Morgan fingerprint density at radius 1 is 1.47 bits per heavy atom. The van der Waals surface area contributed by atoms with Crippen LogP contribution in [-0.4, -0.2) is 12.7 Å². The van der Waals surface area contributed by atoms with Crippen LogP contribution in [0.15, 0.2) is 16.5 Å². The minimum Gasteiger partial charge on any atom is -0.465 e. The van der Waals surface area contributed by atoms with E-state index < -0.39 is 0 Å². The molecule has 15 heavy (non-hydrogen) atoms. The third kappa shape index (κ3) is 3.68. The van der Waals surface area contributed by atoms with Crippen LogP contribution < -0.4 is 5.73 Å². The molecule has 2 N–H and O–H groups in total. The van der Waals surface area contributed by atoms with E-state index in [0.717, 1.165) is 24.4 Å². The van der Waals surface area contributed by atoms with Crippen molar-refractivity contribution >= 4 is 0 Å². The Balaban J connectivity index is 2.46. The van der Waals surface area contributed by atoms with Gasteiger partial charge in [0.1, 0.15) is 11.5 Å². The quantitative estimate of drug-likeness (QED) is 0.814.